The summed E-state index contributed by atoms with van der Waals surface area (Å²) in [6, 6.07) is 1.82. The highest BCUT2D eigenvalue weighted by molar-refractivity contribution is 7.11. The van der Waals surface area contributed by atoms with Crippen molar-refractivity contribution in [2.75, 3.05) is 11.9 Å². The number of carbonyl (C=O) groups excluding carboxylic acids is 1. The molecule has 0 aromatic carbocycles. The fraction of sp³-hybridized carbons (Fsp3) is 0.400. The molecular formula is C15H20N4OS. The average molecular weight is 304 g/mol. The van der Waals surface area contributed by atoms with Crippen molar-refractivity contribution in [3.8, 4) is 0 Å². The van der Waals surface area contributed by atoms with Gasteiger partial charge in [-0.25, -0.2) is 4.98 Å². The topological polar surface area (TPSA) is 66.9 Å². The van der Waals surface area contributed by atoms with E-state index in [0.29, 0.717) is 12.1 Å². The van der Waals surface area contributed by atoms with Gasteiger partial charge in [-0.15, -0.1) is 11.3 Å². The molecule has 0 fully saturated rings. The third-order valence-corrected chi connectivity index (χ3v) is 4.12. The molecule has 2 N–H and O–H groups in total. The molecule has 0 spiro atoms. The predicted octanol–water partition coefficient (Wildman–Crippen LogP) is 2.85. The van der Waals surface area contributed by atoms with Crippen LogP contribution in [0, 0.1) is 0 Å². The lowest BCUT2D eigenvalue weighted by molar-refractivity contribution is 0.0951. The highest BCUT2D eigenvalue weighted by Gasteiger charge is 2.11. The number of hydrogen-bond donors (Lipinski definition) is 2. The van der Waals surface area contributed by atoms with Crippen LogP contribution in [0.1, 0.15) is 40.5 Å². The van der Waals surface area contributed by atoms with E-state index in [0.717, 1.165) is 30.1 Å². The SMILES string of the molecule is CCCNc1ccncc1C(=O)NCc1ncc(CC)s1. The molecule has 21 heavy (non-hydrogen) atoms. The van der Waals surface area contributed by atoms with E-state index in [-0.39, 0.29) is 5.91 Å². The molecule has 2 aromatic heterocycles. The highest BCUT2D eigenvalue weighted by atomic mass is 32.1. The van der Waals surface area contributed by atoms with Crippen molar-refractivity contribution in [3.63, 3.8) is 0 Å². The Morgan fingerprint density at radius 2 is 2.19 bits per heavy atom. The van der Waals surface area contributed by atoms with Gasteiger partial charge in [0.1, 0.15) is 5.01 Å². The molecule has 0 atom stereocenters. The van der Waals surface area contributed by atoms with Crippen LogP contribution in [0.4, 0.5) is 5.69 Å². The number of carbonyl (C=O) groups is 1. The molecule has 2 aromatic rings. The van der Waals surface area contributed by atoms with Crippen LogP contribution in [-0.4, -0.2) is 22.4 Å². The van der Waals surface area contributed by atoms with Gasteiger partial charge in [0.15, 0.2) is 0 Å². The number of thiazole rings is 1. The summed E-state index contributed by atoms with van der Waals surface area (Å²) in [5, 5.41) is 7.06. The summed E-state index contributed by atoms with van der Waals surface area (Å²) < 4.78 is 0. The van der Waals surface area contributed by atoms with Crippen molar-refractivity contribution in [3.05, 3.63) is 40.1 Å². The summed E-state index contributed by atoms with van der Waals surface area (Å²) >= 11 is 1.63. The lowest BCUT2D eigenvalue weighted by Crippen LogP contribution is -2.24. The quantitative estimate of drug-likeness (QED) is 0.825. The zero-order chi connectivity index (χ0) is 15.1. The second-order valence-corrected chi connectivity index (χ2v) is 5.80. The van der Waals surface area contributed by atoms with Crippen molar-refractivity contribution in [1.82, 2.24) is 15.3 Å². The van der Waals surface area contributed by atoms with Crippen LogP contribution in [-0.2, 0) is 13.0 Å². The van der Waals surface area contributed by atoms with Crippen molar-refractivity contribution >= 4 is 22.9 Å². The zero-order valence-corrected chi connectivity index (χ0v) is 13.2. The van der Waals surface area contributed by atoms with Gasteiger partial charge < -0.3 is 10.6 Å². The monoisotopic (exact) mass is 304 g/mol. The third kappa shape index (κ3) is 4.26. The van der Waals surface area contributed by atoms with E-state index in [2.05, 4.69) is 34.4 Å². The molecular weight excluding hydrogens is 284 g/mol. The zero-order valence-electron chi connectivity index (χ0n) is 12.3. The fourth-order valence-electron chi connectivity index (χ4n) is 1.83. The number of rotatable bonds is 7. The number of hydrogen-bond acceptors (Lipinski definition) is 5. The Hall–Kier alpha value is -1.95. The maximum absolute atomic E-state index is 12.3. The van der Waals surface area contributed by atoms with E-state index < -0.39 is 0 Å². The first-order valence-corrected chi connectivity index (χ1v) is 7.95. The smallest absolute Gasteiger partial charge is 0.255 e. The van der Waals surface area contributed by atoms with E-state index in [1.54, 1.807) is 23.7 Å². The molecule has 0 radical (unpaired) electrons. The van der Waals surface area contributed by atoms with Crippen LogP contribution in [0.15, 0.2) is 24.7 Å². The first kappa shape index (κ1) is 15.4. The van der Waals surface area contributed by atoms with Crippen LogP contribution < -0.4 is 10.6 Å². The molecule has 1 amide bonds. The highest BCUT2D eigenvalue weighted by Crippen LogP contribution is 2.15. The van der Waals surface area contributed by atoms with E-state index in [1.807, 2.05) is 12.3 Å². The number of pyridine rings is 1. The van der Waals surface area contributed by atoms with Gasteiger partial charge in [-0.1, -0.05) is 13.8 Å². The average Bonchev–Trinajstić information content (AvgIpc) is 2.99. The Kier molecular flexibility index (Phi) is 5.68. The van der Waals surface area contributed by atoms with Gasteiger partial charge in [-0.3, -0.25) is 9.78 Å². The van der Waals surface area contributed by atoms with E-state index in [1.165, 1.54) is 4.88 Å². The summed E-state index contributed by atoms with van der Waals surface area (Å²) in [7, 11) is 0. The molecule has 5 nitrogen and oxygen atoms in total. The maximum Gasteiger partial charge on any atom is 0.255 e. The molecule has 0 unspecified atom stereocenters. The summed E-state index contributed by atoms with van der Waals surface area (Å²) in [5.74, 6) is -0.130. The van der Waals surface area contributed by atoms with Gasteiger partial charge in [0, 0.05) is 30.0 Å². The standard InChI is InChI=1S/C15H20N4OS/c1-3-6-17-13-5-7-16-9-12(13)15(20)19-10-14-18-8-11(4-2)21-14/h5,7-9H,3-4,6,10H2,1-2H3,(H,16,17)(H,19,20). The fourth-order valence-corrected chi connectivity index (χ4v) is 2.64. The molecule has 0 aliphatic rings. The third-order valence-electron chi connectivity index (χ3n) is 2.98. The normalized spacial score (nSPS) is 10.4. The van der Waals surface area contributed by atoms with Crippen LogP contribution in [0.25, 0.3) is 0 Å². The molecule has 6 heteroatoms. The van der Waals surface area contributed by atoms with Crippen LogP contribution in [0.2, 0.25) is 0 Å². The Bertz CT molecular complexity index is 597. The first-order chi connectivity index (χ1) is 10.2. The van der Waals surface area contributed by atoms with Crippen molar-refractivity contribution in [2.45, 2.75) is 33.2 Å². The molecule has 0 aliphatic carbocycles. The lowest BCUT2D eigenvalue weighted by Gasteiger charge is -2.10. The minimum Gasteiger partial charge on any atom is -0.384 e. The molecule has 0 aliphatic heterocycles. The number of aromatic nitrogens is 2. The molecule has 0 bridgehead atoms. The van der Waals surface area contributed by atoms with E-state index in [4.69, 9.17) is 0 Å². The lowest BCUT2D eigenvalue weighted by atomic mass is 10.2. The Morgan fingerprint density at radius 3 is 2.90 bits per heavy atom. The van der Waals surface area contributed by atoms with Crippen molar-refractivity contribution in [2.24, 2.45) is 0 Å². The minimum atomic E-state index is -0.130. The number of anilines is 1. The molecule has 0 saturated carbocycles. The predicted molar refractivity (Wildman–Crippen MR) is 85.7 cm³/mol. The summed E-state index contributed by atoms with van der Waals surface area (Å²) in [4.78, 5) is 21.8. The van der Waals surface area contributed by atoms with Gasteiger partial charge in [0.2, 0.25) is 0 Å². The van der Waals surface area contributed by atoms with Crippen molar-refractivity contribution in [1.29, 1.82) is 0 Å². The van der Waals surface area contributed by atoms with Crippen molar-refractivity contribution < 1.29 is 4.79 Å². The maximum atomic E-state index is 12.3. The van der Waals surface area contributed by atoms with Gasteiger partial charge in [-0.2, -0.15) is 0 Å². The second-order valence-electron chi connectivity index (χ2n) is 4.60. The Labute approximate surface area is 128 Å². The summed E-state index contributed by atoms with van der Waals surface area (Å²) in [5.41, 5.74) is 1.39. The molecule has 2 rings (SSSR count). The van der Waals surface area contributed by atoms with Crippen LogP contribution >= 0.6 is 11.3 Å². The number of nitrogens with one attached hydrogen (secondary N) is 2. The number of nitrogens with zero attached hydrogens (tertiary/aromatic N) is 2. The molecule has 2 heterocycles. The largest absolute Gasteiger partial charge is 0.384 e. The van der Waals surface area contributed by atoms with Crippen LogP contribution in [0.3, 0.4) is 0 Å². The van der Waals surface area contributed by atoms with Gasteiger partial charge >= 0.3 is 0 Å². The first-order valence-electron chi connectivity index (χ1n) is 7.14. The molecule has 0 saturated heterocycles. The van der Waals surface area contributed by atoms with Gasteiger partial charge in [-0.05, 0) is 18.9 Å². The summed E-state index contributed by atoms with van der Waals surface area (Å²) in [6.45, 7) is 5.46. The second kappa shape index (κ2) is 7.73. The minimum absolute atomic E-state index is 0.130. The number of amides is 1. The molecule has 112 valence electrons. The van der Waals surface area contributed by atoms with Gasteiger partial charge in [0.05, 0.1) is 17.8 Å². The summed E-state index contributed by atoms with van der Waals surface area (Å²) in [6.07, 6.45) is 7.11. The van der Waals surface area contributed by atoms with Gasteiger partial charge in [0.25, 0.3) is 5.91 Å². The number of aryl methyl sites for hydroxylation is 1. The van der Waals surface area contributed by atoms with Crippen LogP contribution in [0.5, 0.6) is 0 Å². The Morgan fingerprint density at radius 1 is 1.33 bits per heavy atom. The van der Waals surface area contributed by atoms with E-state index in [9.17, 15) is 4.79 Å². The van der Waals surface area contributed by atoms with E-state index >= 15 is 0 Å². The Balaban J connectivity index is 1.99.